The standard InChI is InChI=1S/C69H59BN2OS/c1-7-19-41(2)45-29-31-58(49(34-45)44-24-15-10-16-25-44)72-59-39-52-48-26-17-18-27-60(48)73-66(52)62(63(59)70-67-65(72)53-38-55-56(40-61(53)74-67)69(5,6)33-32-68(55,3)4)54-37-47(43-22-13-9-14-23-43)36-51-50-35-46(42-20-11-8-12-21-42)28-30-57(50)71-64(51)54/h8-18,20-31,34-41,70-71H,7,19,32-33H2,1-6H3/t41-/m0/s1. The molecule has 0 bridgehead atoms. The van der Waals surface area contributed by atoms with E-state index in [1.807, 2.05) is 11.3 Å². The van der Waals surface area contributed by atoms with Gasteiger partial charge in [0.2, 0.25) is 7.28 Å². The fraction of sp³-hybridized carbons (Fsp3) is 0.188. The first-order valence-corrected chi connectivity index (χ1v) is 27.6. The fourth-order valence-corrected chi connectivity index (χ4v) is 14.2. The summed E-state index contributed by atoms with van der Waals surface area (Å²) in [4.78, 5) is 6.73. The Morgan fingerprint density at radius 2 is 1.24 bits per heavy atom. The van der Waals surface area contributed by atoms with Crippen LogP contribution in [-0.4, -0.2) is 12.3 Å². The number of H-pyrrole nitrogens is 1. The molecule has 74 heavy (non-hydrogen) atoms. The third kappa shape index (κ3) is 7.07. The number of furan rings is 1. The Kier molecular flexibility index (Phi) is 10.3. The number of aromatic nitrogens is 1. The van der Waals surface area contributed by atoms with Crippen molar-refractivity contribution in [1.82, 2.24) is 4.98 Å². The number of hydrogen-bond donors (Lipinski definition) is 1. The maximum Gasteiger partial charge on any atom is 0.211 e. The Bertz CT molecular complexity index is 4200. The minimum atomic E-state index is 0.0587. The van der Waals surface area contributed by atoms with Crippen molar-refractivity contribution in [2.75, 3.05) is 4.90 Å². The van der Waals surface area contributed by atoms with E-state index in [-0.39, 0.29) is 10.8 Å². The lowest BCUT2D eigenvalue weighted by atomic mass is 9.61. The number of benzene rings is 9. The quantitative estimate of drug-likeness (QED) is 0.154. The van der Waals surface area contributed by atoms with Crippen LogP contribution in [0.4, 0.5) is 17.1 Å². The van der Waals surface area contributed by atoms with Crippen LogP contribution in [0.3, 0.4) is 0 Å². The van der Waals surface area contributed by atoms with Gasteiger partial charge in [-0.1, -0.05) is 169 Å². The Morgan fingerprint density at radius 1 is 0.581 bits per heavy atom. The molecule has 1 atom stereocenters. The molecule has 0 spiro atoms. The number of fused-ring (bicyclic) bond motifs is 11. The van der Waals surface area contributed by atoms with Crippen LogP contribution in [0, 0.1) is 0 Å². The maximum atomic E-state index is 7.28. The summed E-state index contributed by atoms with van der Waals surface area (Å²) in [7, 11) is 0.766. The number of para-hydroxylation sites is 1. The topological polar surface area (TPSA) is 32.2 Å². The van der Waals surface area contributed by atoms with Crippen molar-refractivity contribution in [2.24, 2.45) is 0 Å². The molecular weight excluding hydrogens is 916 g/mol. The number of nitrogens with zero attached hydrogens (tertiary/aromatic N) is 1. The number of thiophene rings is 1. The molecule has 2 aliphatic rings. The summed E-state index contributed by atoms with van der Waals surface area (Å²) in [6.45, 7) is 14.5. The summed E-state index contributed by atoms with van der Waals surface area (Å²) in [5.41, 5.74) is 23.1. The number of hydrogen-bond acceptors (Lipinski definition) is 3. The first-order valence-electron chi connectivity index (χ1n) is 26.8. The van der Waals surface area contributed by atoms with E-state index in [1.165, 1.54) is 111 Å². The summed E-state index contributed by atoms with van der Waals surface area (Å²) in [6.07, 6.45) is 4.63. The molecule has 12 aromatic rings. The van der Waals surface area contributed by atoms with E-state index in [0.29, 0.717) is 5.92 Å². The monoisotopic (exact) mass is 974 g/mol. The highest BCUT2D eigenvalue weighted by molar-refractivity contribution is 7.29. The molecule has 0 saturated carbocycles. The SMILES string of the molecule is CCC[C@H](C)c1ccc(N2c3cc4c(oc5ccccc54)c(-c4cc(-c5ccccc5)cc5c4[nH]c4ccc(-c6ccccc6)cc45)c3Bc3sc4cc5c(cc4c32)C(C)(C)CCC5(C)C)c(-c2ccccc2)c1. The molecule has 0 radical (unpaired) electrons. The summed E-state index contributed by atoms with van der Waals surface area (Å²) in [6, 6.07) is 68.3. The number of aromatic amines is 1. The van der Waals surface area contributed by atoms with E-state index in [0.717, 1.165) is 64.2 Å². The van der Waals surface area contributed by atoms with E-state index in [4.69, 9.17) is 4.42 Å². The van der Waals surface area contributed by atoms with E-state index in [2.05, 4.69) is 233 Å². The van der Waals surface area contributed by atoms with Crippen LogP contribution < -0.4 is 15.1 Å². The van der Waals surface area contributed by atoms with Crippen LogP contribution in [-0.2, 0) is 10.8 Å². The Hall–Kier alpha value is -7.60. The van der Waals surface area contributed by atoms with Crippen molar-refractivity contribution in [3.05, 3.63) is 199 Å². The van der Waals surface area contributed by atoms with Gasteiger partial charge < -0.3 is 14.3 Å². The van der Waals surface area contributed by atoms with Gasteiger partial charge in [-0.05, 0) is 151 Å². The van der Waals surface area contributed by atoms with Gasteiger partial charge in [-0.3, -0.25) is 0 Å². The van der Waals surface area contributed by atoms with Crippen LogP contribution in [0.5, 0.6) is 0 Å². The van der Waals surface area contributed by atoms with Crippen LogP contribution in [0.15, 0.2) is 186 Å². The van der Waals surface area contributed by atoms with Gasteiger partial charge >= 0.3 is 0 Å². The third-order valence-corrected chi connectivity index (χ3v) is 18.2. The molecule has 0 unspecified atom stereocenters. The molecule has 9 aromatic carbocycles. The number of nitrogens with one attached hydrogen (secondary N) is 1. The molecule has 360 valence electrons. The normalized spacial score (nSPS) is 15.1. The van der Waals surface area contributed by atoms with Gasteiger partial charge in [0.05, 0.1) is 16.9 Å². The highest BCUT2D eigenvalue weighted by atomic mass is 32.1. The Labute approximate surface area is 438 Å². The second-order valence-electron chi connectivity index (χ2n) is 22.7. The first-order chi connectivity index (χ1) is 36.0. The average molecular weight is 975 g/mol. The largest absolute Gasteiger partial charge is 0.455 e. The molecular formula is C69H59BN2OS. The van der Waals surface area contributed by atoms with Crippen molar-refractivity contribution in [3.63, 3.8) is 0 Å². The lowest BCUT2D eigenvalue weighted by Crippen LogP contribution is -2.39. The van der Waals surface area contributed by atoms with Crippen LogP contribution in [0.2, 0.25) is 0 Å². The maximum absolute atomic E-state index is 7.28. The van der Waals surface area contributed by atoms with Crippen molar-refractivity contribution < 1.29 is 4.42 Å². The van der Waals surface area contributed by atoms with E-state index in [1.54, 1.807) is 0 Å². The molecule has 1 N–H and O–H groups in total. The van der Waals surface area contributed by atoms with E-state index >= 15 is 0 Å². The first kappa shape index (κ1) is 45.1. The van der Waals surface area contributed by atoms with Crippen molar-refractivity contribution in [3.8, 4) is 44.5 Å². The predicted molar refractivity (Wildman–Crippen MR) is 320 cm³/mol. The van der Waals surface area contributed by atoms with E-state index in [9.17, 15) is 0 Å². The van der Waals surface area contributed by atoms with Gasteiger partial charge in [0, 0.05) is 59.5 Å². The molecule has 14 rings (SSSR count). The van der Waals surface area contributed by atoms with Gasteiger partial charge in [-0.2, -0.15) is 0 Å². The van der Waals surface area contributed by atoms with Gasteiger partial charge in [0.15, 0.2) is 0 Å². The predicted octanol–water partition coefficient (Wildman–Crippen LogP) is 18.5. The second-order valence-corrected chi connectivity index (χ2v) is 23.8. The minimum absolute atomic E-state index is 0.0587. The zero-order chi connectivity index (χ0) is 50.0. The summed E-state index contributed by atoms with van der Waals surface area (Å²) >= 11 is 1.99. The van der Waals surface area contributed by atoms with Crippen LogP contribution >= 0.6 is 11.3 Å². The van der Waals surface area contributed by atoms with Gasteiger partial charge in [-0.15, -0.1) is 11.3 Å². The average Bonchev–Trinajstić information content (AvgIpc) is 4.12. The molecule has 0 fully saturated rings. The van der Waals surface area contributed by atoms with Crippen molar-refractivity contribution >= 4 is 99.7 Å². The smallest absolute Gasteiger partial charge is 0.211 e. The third-order valence-electron chi connectivity index (χ3n) is 17.1. The summed E-state index contributed by atoms with van der Waals surface area (Å²) in [5, 5.41) is 6.00. The lowest BCUT2D eigenvalue weighted by Gasteiger charge is -2.42. The highest BCUT2D eigenvalue weighted by Crippen LogP contribution is 2.54. The van der Waals surface area contributed by atoms with E-state index < -0.39 is 0 Å². The highest BCUT2D eigenvalue weighted by Gasteiger charge is 2.40. The summed E-state index contributed by atoms with van der Waals surface area (Å²) in [5.74, 6) is 0.433. The van der Waals surface area contributed by atoms with Gasteiger partial charge in [-0.25, -0.2) is 0 Å². The lowest BCUT2D eigenvalue weighted by molar-refractivity contribution is 0.332. The van der Waals surface area contributed by atoms with Gasteiger partial charge in [0.1, 0.15) is 11.2 Å². The minimum Gasteiger partial charge on any atom is -0.455 e. The number of anilines is 3. The molecule has 4 heterocycles. The fourth-order valence-electron chi connectivity index (χ4n) is 12.9. The molecule has 0 amide bonds. The second kappa shape index (κ2) is 17.0. The van der Waals surface area contributed by atoms with Crippen molar-refractivity contribution in [1.29, 1.82) is 0 Å². The van der Waals surface area contributed by atoms with Crippen LogP contribution in [0.25, 0.3) is 98.3 Å². The zero-order valence-corrected chi connectivity index (χ0v) is 44.0. The molecule has 3 aromatic heterocycles. The Balaban J connectivity index is 1.13. The Morgan fingerprint density at radius 3 is 1.97 bits per heavy atom. The summed E-state index contributed by atoms with van der Waals surface area (Å²) < 4.78 is 10.0. The molecule has 0 saturated heterocycles. The van der Waals surface area contributed by atoms with Crippen LogP contribution in [0.1, 0.15) is 89.8 Å². The molecule has 1 aliphatic heterocycles. The van der Waals surface area contributed by atoms with Gasteiger partial charge in [0.25, 0.3) is 0 Å². The molecule has 5 heteroatoms. The van der Waals surface area contributed by atoms with Crippen molar-refractivity contribution in [2.45, 2.75) is 84.0 Å². The zero-order valence-electron chi connectivity index (χ0n) is 43.2. The number of rotatable bonds is 8. The molecule has 3 nitrogen and oxygen atoms in total. The molecule has 1 aliphatic carbocycles.